The number of benzene rings is 1. The predicted molar refractivity (Wildman–Crippen MR) is 102 cm³/mol. The molecular formula is C19H18N2O5S. The van der Waals surface area contributed by atoms with Crippen LogP contribution < -0.4 is 9.47 Å². The van der Waals surface area contributed by atoms with Gasteiger partial charge in [0.25, 0.3) is 0 Å². The van der Waals surface area contributed by atoms with Crippen molar-refractivity contribution in [2.45, 2.75) is 13.8 Å². The minimum absolute atomic E-state index is 0.378. The van der Waals surface area contributed by atoms with E-state index in [0.717, 1.165) is 10.6 Å². The van der Waals surface area contributed by atoms with E-state index in [2.05, 4.69) is 9.97 Å². The summed E-state index contributed by atoms with van der Waals surface area (Å²) in [6.45, 7) is 4.87. The van der Waals surface area contributed by atoms with Crippen LogP contribution in [0.4, 0.5) is 0 Å². The summed E-state index contributed by atoms with van der Waals surface area (Å²) in [7, 11) is 0. The van der Waals surface area contributed by atoms with E-state index < -0.39 is 11.7 Å². The number of ether oxygens (including phenoxy) is 2. The first-order valence-corrected chi connectivity index (χ1v) is 9.20. The molecule has 2 aromatic heterocycles. The van der Waals surface area contributed by atoms with Crippen molar-refractivity contribution in [1.29, 1.82) is 0 Å². The molecular weight excluding hydrogens is 368 g/mol. The van der Waals surface area contributed by atoms with Crippen LogP contribution in [0.15, 0.2) is 35.7 Å². The Balaban J connectivity index is 1.95. The SMILES string of the molecule is CCOc1ccc(-c2nc(-c3ccc(O)c(C(=O)O)n3)cs2)cc1OCC. The second kappa shape index (κ2) is 8.05. The van der Waals surface area contributed by atoms with E-state index in [1.807, 2.05) is 32.0 Å². The van der Waals surface area contributed by atoms with Crippen LogP contribution in [0.25, 0.3) is 22.0 Å². The fraction of sp³-hybridized carbons (Fsp3) is 0.211. The predicted octanol–water partition coefficient (Wildman–Crippen LogP) is 4.07. The van der Waals surface area contributed by atoms with Crippen LogP contribution in [-0.4, -0.2) is 39.4 Å². The number of carboxylic acid groups (broad SMARTS) is 1. The molecule has 0 saturated carbocycles. The van der Waals surface area contributed by atoms with E-state index in [4.69, 9.17) is 14.6 Å². The molecule has 27 heavy (non-hydrogen) atoms. The van der Waals surface area contributed by atoms with E-state index in [-0.39, 0.29) is 5.75 Å². The number of hydrogen-bond donors (Lipinski definition) is 2. The Bertz CT molecular complexity index is 970. The molecule has 0 aliphatic rings. The Morgan fingerprint density at radius 1 is 1.04 bits per heavy atom. The quantitative estimate of drug-likeness (QED) is 0.631. The second-order valence-electron chi connectivity index (χ2n) is 5.43. The van der Waals surface area contributed by atoms with Crippen molar-refractivity contribution in [2.24, 2.45) is 0 Å². The summed E-state index contributed by atoms with van der Waals surface area (Å²) < 4.78 is 11.2. The Hall–Kier alpha value is -3.13. The van der Waals surface area contributed by atoms with E-state index >= 15 is 0 Å². The minimum atomic E-state index is -1.29. The van der Waals surface area contributed by atoms with Gasteiger partial charge in [-0.15, -0.1) is 11.3 Å². The lowest BCUT2D eigenvalue weighted by Crippen LogP contribution is -2.01. The van der Waals surface area contributed by atoms with Crippen LogP contribution in [0, 0.1) is 0 Å². The number of nitrogens with zero attached hydrogens (tertiary/aromatic N) is 2. The van der Waals surface area contributed by atoms with Gasteiger partial charge in [-0.05, 0) is 44.2 Å². The monoisotopic (exact) mass is 386 g/mol. The molecule has 0 unspecified atom stereocenters. The highest BCUT2D eigenvalue weighted by Crippen LogP contribution is 2.35. The number of rotatable bonds is 7. The number of carbonyl (C=O) groups is 1. The van der Waals surface area contributed by atoms with Gasteiger partial charge in [-0.1, -0.05) is 0 Å². The zero-order chi connectivity index (χ0) is 19.4. The van der Waals surface area contributed by atoms with Crippen molar-refractivity contribution in [3.63, 3.8) is 0 Å². The number of aromatic hydroxyl groups is 1. The largest absolute Gasteiger partial charge is 0.505 e. The normalized spacial score (nSPS) is 10.6. The average Bonchev–Trinajstić information content (AvgIpc) is 3.14. The highest BCUT2D eigenvalue weighted by molar-refractivity contribution is 7.13. The van der Waals surface area contributed by atoms with Gasteiger partial charge in [-0.3, -0.25) is 0 Å². The molecule has 7 nitrogen and oxygen atoms in total. The van der Waals surface area contributed by atoms with E-state index in [1.165, 1.54) is 23.5 Å². The molecule has 0 fully saturated rings. The molecule has 2 heterocycles. The van der Waals surface area contributed by atoms with E-state index in [1.54, 1.807) is 5.38 Å². The number of thiazole rings is 1. The van der Waals surface area contributed by atoms with Crippen LogP contribution in [0.5, 0.6) is 17.2 Å². The smallest absolute Gasteiger partial charge is 0.358 e. The Morgan fingerprint density at radius 3 is 2.48 bits per heavy atom. The van der Waals surface area contributed by atoms with Gasteiger partial charge in [-0.25, -0.2) is 14.8 Å². The molecule has 8 heteroatoms. The summed E-state index contributed by atoms with van der Waals surface area (Å²) in [6, 6.07) is 8.43. The van der Waals surface area contributed by atoms with Crippen LogP contribution in [0.2, 0.25) is 0 Å². The summed E-state index contributed by atoms with van der Waals surface area (Å²) in [6.07, 6.45) is 0. The lowest BCUT2D eigenvalue weighted by molar-refractivity contribution is 0.0687. The van der Waals surface area contributed by atoms with Crippen LogP contribution in [0.3, 0.4) is 0 Å². The standard InChI is InChI=1S/C19H18N2O5S/c1-3-25-15-8-5-11(9-16(15)26-4-2)18-21-13(10-27-18)12-6-7-14(22)17(20-12)19(23)24/h5-10,22H,3-4H2,1-2H3,(H,23,24). The van der Waals surface area contributed by atoms with Crippen LogP contribution in [-0.2, 0) is 0 Å². The molecule has 3 aromatic rings. The van der Waals surface area contributed by atoms with Gasteiger partial charge in [-0.2, -0.15) is 0 Å². The number of hydrogen-bond acceptors (Lipinski definition) is 7. The Labute approximate surface area is 159 Å². The molecule has 0 saturated heterocycles. The second-order valence-corrected chi connectivity index (χ2v) is 6.29. The van der Waals surface area contributed by atoms with Crippen molar-refractivity contribution in [1.82, 2.24) is 9.97 Å². The first-order chi connectivity index (χ1) is 13.0. The van der Waals surface area contributed by atoms with Gasteiger partial charge >= 0.3 is 5.97 Å². The highest BCUT2D eigenvalue weighted by Gasteiger charge is 2.16. The fourth-order valence-corrected chi connectivity index (χ4v) is 3.27. The molecule has 140 valence electrons. The lowest BCUT2D eigenvalue weighted by atomic mass is 10.2. The first-order valence-electron chi connectivity index (χ1n) is 8.32. The maximum atomic E-state index is 11.2. The lowest BCUT2D eigenvalue weighted by Gasteiger charge is -2.11. The van der Waals surface area contributed by atoms with Crippen molar-refractivity contribution in [3.8, 4) is 39.2 Å². The summed E-state index contributed by atoms with van der Waals surface area (Å²) in [5, 5.41) is 21.2. The van der Waals surface area contributed by atoms with Gasteiger partial charge in [0.2, 0.25) is 0 Å². The summed E-state index contributed by atoms with van der Waals surface area (Å²) in [5.41, 5.74) is 1.37. The average molecular weight is 386 g/mol. The van der Waals surface area contributed by atoms with Gasteiger partial charge in [0.05, 0.1) is 18.9 Å². The zero-order valence-corrected chi connectivity index (χ0v) is 15.6. The maximum Gasteiger partial charge on any atom is 0.358 e. The van der Waals surface area contributed by atoms with E-state index in [0.29, 0.717) is 36.1 Å². The molecule has 0 radical (unpaired) electrons. The molecule has 1 aromatic carbocycles. The minimum Gasteiger partial charge on any atom is -0.505 e. The molecule has 0 spiro atoms. The first kappa shape index (κ1) is 18.7. The van der Waals surface area contributed by atoms with Gasteiger partial charge in [0.15, 0.2) is 17.2 Å². The molecule has 3 rings (SSSR count). The zero-order valence-electron chi connectivity index (χ0n) is 14.8. The van der Waals surface area contributed by atoms with Gasteiger partial charge in [0, 0.05) is 10.9 Å². The van der Waals surface area contributed by atoms with Crippen molar-refractivity contribution >= 4 is 17.3 Å². The van der Waals surface area contributed by atoms with Crippen LogP contribution in [0.1, 0.15) is 24.3 Å². The number of aromatic carboxylic acids is 1. The summed E-state index contributed by atoms with van der Waals surface area (Å²) in [4.78, 5) is 19.7. The Kier molecular flexibility index (Phi) is 5.56. The number of pyridine rings is 1. The molecule has 0 aliphatic heterocycles. The van der Waals surface area contributed by atoms with Crippen LogP contribution >= 0.6 is 11.3 Å². The molecule has 0 bridgehead atoms. The maximum absolute atomic E-state index is 11.2. The van der Waals surface area contributed by atoms with E-state index in [9.17, 15) is 9.90 Å². The topological polar surface area (TPSA) is 102 Å². The van der Waals surface area contributed by atoms with Crippen molar-refractivity contribution in [3.05, 3.63) is 41.4 Å². The molecule has 0 atom stereocenters. The number of carboxylic acids is 1. The third-order valence-electron chi connectivity index (χ3n) is 3.63. The van der Waals surface area contributed by atoms with Crippen molar-refractivity contribution in [2.75, 3.05) is 13.2 Å². The third-order valence-corrected chi connectivity index (χ3v) is 4.52. The van der Waals surface area contributed by atoms with Gasteiger partial charge in [0.1, 0.15) is 16.5 Å². The molecule has 2 N–H and O–H groups in total. The highest BCUT2D eigenvalue weighted by atomic mass is 32.1. The Morgan fingerprint density at radius 2 is 1.78 bits per heavy atom. The number of aromatic nitrogens is 2. The summed E-state index contributed by atoms with van der Waals surface area (Å²) in [5.74, 6) is -0.358. The molecule has 0 aliphatic carbocycles. The third kappa shape index (κ3) is 4.01. The summed E-state index contributed by atoms with van der Waals surface area (Å²) >= 11 is 1.40. The van der Waals surface area contributed by atoms with Gasteiger partial charge < -0.3 is 19.7 Å². The molecule has 0 amide bonds. The van der Waals surface area contributed by atoms with Crippen molar-refractivity contribution < 1.29 is 24.5 Å². The fourth-order valence-electron chi connectivity index (χ4n) is 2.46.